The van der Waals surface area contributed by atoms with Gasteiger partial charge in [0.25, 0.3) is 5.91 Å². The molecule has 2 aliphatic rings. The van der Waals surface area contributed by atoms with Crippen LogP contribution >= 0.6 is 0 Å². The maximum Gasteiger partial charge on any atom is 0.257 e. The van der Waals surface area contributed by atoms with Crippen molar-refractivity contribution < 1.29 is 19.1 Å². The molecule has 1 saturated heterocycles. The molecule has 0 bridgehead atoms. The quantitative estimate of drug-likeness (QED) is 0.530. The number of hydrogen-bond donors (Lipinski definition) is 2. The number of ether oxygens (including phenoxy) is 2. The summed E-state index contributed by atoms with van der Waals surface area (Å²) in [5.74, 6) is 1.21. The van der Waals surface area contributed by atoms with Crippen molar-refractivity contribution in [1.29, 1.82) is 0 Å². The number of fused-ring (bicyclic) bond motifs is 1. The molecule has 0 aromatic heterocycles. The van der Waals surface area contributed by atoms with E-state index in [4.69, 9.17) is 9.47 Å². The number of benzene rings is 3. The molecule has 0 atom stereocenters. The van der Waals surface area contributed by atoms with Gasteiger partial charge in [-0.3, -0.25) is 19.4 Å². The van der Waals surface area contributed by atoms with Crippen LogP contribution in [0.2, 0.25) is 0 Å². The lowest BCUT2D eigenvalue weighted by atomic mass is 10.1. The van der Waals surface area contributed by atoms with E-state index in [1.807, 2.05) is 49.4 Å². The highest BCUT2D eigenvalue weighted by Crippen LogP contribution is 2.32. The third kappa shape index (κ3) is 5.84. The monoisotopic (exact) mass is 486 g/mol. The smallest absolute Gasteiger partial charge is 0.257 e. The number of hydrogen-bond acceptors (Lipinski definition) is 6. The average molecular weight is 487 g/mol. The summed E-state index contributed by atoms with van der Waals surface area (Å²) >= 11 is 0. The van der Waals surface area contributed by atoms with Gasteiger partial charge >= 0.3 is 0 Å². The first-order valence-electron chi connectivity index (χ1n) is 12.1. The van der Waals surface area contributed by atoms with E-state index < -0.39 is 0 Å². The Morgan fingerprint density at radius 1 is 0.833 bits per heavy atom. The summed E-state index contributed by atoms with van der Waals surface area (Å²) in [6.07, 6.45) is 0. The van der Waals surface area contributed by atoms with Crippen LogP contribution in [-0.4, -0.2) is 61.1 Å². The highest BCUT2D eigenvalue weighted by Gasteiger charge is 2.21. The van der Waals surface area contributed by atoms with E-state index in [1.165, 1.54) is 5.56 Å². The Bertz CT molecular complexity index is 1250. The zero-order valence-electron chi connectivity index (χ0n) is 20.3. The van der Waals surface area contributed by atoms with Crippen molar-refractivity contribution in [1.82, 2.24) is 9.80 Å². The lowest BCUT2D eigenvalue weighted by molar-refractivity contribution is -0.117. The molecule has 0 unspecified atom stereocenters. The van der Waals surface area contributed by atoms with Crippen molar-refractivity contribution in [3.8, 4) is 11.5 Å². The van der Waals surface area contributed by atoms with E-state index in [-0.39, 0.29) is 25.2 Å². The number of anilines is 2. The molecule has 2 heterocycles. The fourth-order valence-electron chi connectivity index (χ4n) is 4.51. The maximum absolute atomic E-state index is 12.9. The number of nitrogens with one attached hydrogen (secondary N) is 2. The predicted molar refractivity (Wildman–Crippen MR) is 138 cm³/mol. The van der Waals surface area contributed by atoms with Gasteiger partial charge in [0.15, 0.2) is 11.5 Å². The SMILES string of the molecule is Cc1cccc(NC(=O)c2ccccc2NC(=O)CN2CCN(Cc3ccc4c(c3)OCO4)CC2)c1. The van der Waals surface area contributed by atoms with Gasteiger partial charge in [-0.05, 0) is 54.4 Å². The van der Waals surface area contributed by atoms with Gasteiger partial charge in [0.05, 0.1) is 17.8 Å². The van der Waals surface area contributed by atoms with Gasteiger partial charge in [-0.2, -0.15) is 0 Å². The molecule has 0 radical (unpaired) electrons. The van der Waals surface area contributed by atoms with E-state index in [0.29, 0.717) is 11.3 Å². The van der Waals surface area contributed by atoms with E-state index in [0.717, 1.165) is 55.5 Å². The number of carbonyl (C=O) groups is 2. The van der Waals surface area contributed by atoms with Crippen LogP contribution in [0, 0.1) is 6.92 Å². The molecule has 8 heteroatoms. The van der Waals surface area contributed by atoms with Crippen LogP contribution in [0.3, 0.4) is 0 Å². The van der Waals surface area contributed by atoms with Crippen LogP contribution in [-0.2, 0) is 11.3 Å². The third-order valence-corrected chi connectivity index (χ3v) is 6.40. The van der Waals surface area contributed by atoms with Crippen molar-refractivity contribution >= 4 is 23.2 Å². The highest BCUT2D eigenvalue weighted by molar-refractivity contribution is 6.10. The zero-order valence-corrected chi connectivity index (χ0v) is 20.3. The molecular formula is C28H30N4O4. The number of aryl methyl sites for hydroxylation is 1. The number of amides is 2. The molecule has 3 aromatic rings. The van der Waals surface area contributed by atoms with Gasteiger partial charge in [0, 0.05) is 38.4 Å². The minimum atomic E-state index is -0.256. The topological polar surface area (TPSA) is 83.1 Å². The molecule has 1 fully saturated rings. The molecule has 36 heavy (non-hydrogen) atoms. The number of piperazine rings is 1. The Morgan fingerprint density at radius 2 is 1.61 bits per heavy atom. The molecule has 186 valence electrons. The highest BCUT2D eigenvalue weighted by atomic mass is 16.7. The van der Waals surface area contributed by atoms with Crippen LogP contribution < -0.4 is 20.1 Å². The molecule has 8 nitrogen and oxygen atoms in total. The van der Waals surface area contributed by atoms with Gasteiger partial charge in [-0.1, -0.05) is 30.3 Å². The molecule has 3 aromatic carbocycles. The second-order valence-electron chi connectivity index (χ2n) is 9.16. The summed E-state index contributed by atoms with van der Waals surface area (Å²) in [6.45, 7) is 6.71. The molecule has 0 aliphatic carbocycles. The molecule has 0 saturated carbocycles. The fourth-order valence-corrected chi connectivity index (χ4v) is 4.51. The lowest BCUT2D eigenvalue weighted by Crippen LogP contribution is -2.48. The predicted octanol–water partition coefficient (Wildman–Crippen LogP) is 3.73. The first-order chi connectivity index (χ1) is 17.5. The van der Waals surface area contributed by atoms with Gasteiger partial charge in [-0.15, -0.1) is 0 Å². The lowest BCUT2D eigenvalue weighted by Gasteiger charge is -2.34. The Kier molecular flexibility index (Phi) is 7.16. The molecule has 2 N–H and O–H groups in total. The van der Waals surface area contributed by atoms with Gasteiger partial charge in [-0.25, -0.2) is 0 Å². The fraction of sp³-hybridized carbons (Fsp3) is 0.286. The Labute approximate surface area is 210 Å². The normalized spacial score (nSPS) is 15.5. The molecule has 5 rings (SSSR count). The van der Waals surface area contributed by atoms with Gasteiger partial charge < -0.3 is 20.1 Å². The Balaban J connectivity index is 1.12. The molecule has 0 spiro atoms. The summed E-state index contributed by atoms with van der Waals surface area (Å²) in [5.41, 5.74) is 3.91. The first-order valence-corrected chi connectivity index (χ1v) is 12.1. The van der Waals surface area contributed by atoms with Crippen LogP contribution in [0.25, 0.3) is 0 Å². The molecular weight excluding hydrogens is 456 g/mol. The number of rotatable bonds is 7. The van der Waals surface area contributed by atoms with Crippen molar-refractivity contribution in [2.24, 2.45) is 0 Å². The number of carbonyl (C=O) groups excluding carboxylic acids is 2. The third-order valence-electron chi connectivity index (χ3n) is 6.40. The second-order valence-corrected chi connectivity index (χ2v) is 9.16. The van der Waals surface area contributed by atoms with Crippen molar-refractivity contribution in [3.63, 3.8) is 0 Å². The van der Waals surface area contributed by atoms with Crippen LogP contribution in [0.15, 0.2) is 66.7 Å². The minimum Gasteiger partial charge on any atom is -0.454 e. The van der Waals surface area contributed by atoms with Gasteiger partial charge in [0.1, 0.15) is 0 Å². The summed E-state index contributed by atoms with van der Waals surface area (Å²) in [5, 5.41) is 5.84. The Hall–Kier alpha value is -3.88. The van der Waals surface area contributed by atoms with E-state index in [1.54, 1.807) is 18.2 Å². The number of para-hydroxylation sites is 1. The standard InChI is InChI=1S/C28H30N4O4/c1-20-5-4-6-22(15-20)29-28(34)23-7-2-3-8-24(23)30-27(33)18-32-13-11-31(12-14-32)17-21-9-10-25-26(16-21)36-19-35-25/h2-10,15-16H,11-14,17-19H2,1H3,(H,29,34)(H,30,33). The largest absolute Gasteiger partial charge is 0.454 e. The van der Waals surface area contributed by atoms with Crippen LogP contribution in [0.1, 0.15) is 21.5 Å². The van der Waals surface area contributed by atoms with Gasteiger partial charge in [0.2, 0.25) is 12.7 Å². The minimum absolute atomic E-state index is 0.130. The second kappa shape index (κ2) is 10.8. The van der Waals surface area contributed by atoms with E-state index >= 15 is 0 Å². The van der Waals surface area contributed by atoms with E-state index in [2.05, 4.69) is 26.5 Å². The summed E-state index contributed by atoms with van der Waals surface area (Å²) in [7, 11) is 0. The maximum atomic E-state index is 12.9. The summed E-state index contributed by atoms with van der Waals surface area (Å²) in [6, 6.07) is 20.8. The van der Waals surface area contributed by atoms with Crippen molar-refractivity contribution in [2.45, 2.75) is 13.5 Å². The average Bonchev–Trinajstić information content (AvgIpc) is 3.33. The summed E-state index contributed by atoms with van der Waals surface area (Å²) < 4.78 is 10.9. The van der Waals surface area contributed by atoms with E-state index in [9.17, 15) is 9.59 Å². The van der Waals surface area contributed by atoms with Crippen molar-refractivity contribution in [2.75, 3.05) is 50.2 Å². The first kappa shape index (κ1) is 23.8. The Morgan fingerprint density at radius 3 is 2.44 bits per heavy atom. The zero-order chi connectivity index (χ0) is 24.9. The molecule has 2 aliphatic heterocycles. The molecule has 2 amide bonds. The van der Waals surface area contributed by atoms with Crippen LogP contribution in [0.5, 0.6) is 11.5 Å². The van der Waals surface area contributed by atoms with Crippen molar-refractivity contribution in [3.05, 3.63) is 83.4 Å². The van der Waals surface area contributed by atoms with Crippen LogP contribution in [0.4, 0.5) is 11.4 Å². The number of nitrogens with zero attached hydrogens (tertiary/aromatic N) is 2. The summed E-state index contributed by atoms with van der Waals surface area (Å²) in [4.78, 5) is 30.2.